The van der Waals surface area contributed by atoms with Crippen molar-refractivity contribution < 1.29 is 17.6 Å². The van der Waals surface area contributed by atoms with E-state index in [1.165, 1.54) is 0 Å². The van der Waals surface area contributed by atoms with E-state index in [-0.39, 0.29) is 33.9 Å². The van der Waals surface area contributed by atoms with E-state index in [0.29, 0.717) is 24.8 Å². The summed E-state index contributed by atoms with van der Waals surface area (Å²) in [7, 11) is -3.48. The van der Waals surface area contributed by atoms with Crippen LogP contribution in [-0.2, 0) is 16.4 Å². The average molecular weight is 467 g/mol. The quantitative estimate of drug-likeness (QED) is 0.566. The van der Waals surface area contributed by atoms with E-state index in [0.717, 1.165) is 10.9 Å². The zero-order valence-corrected chi connectivity index (χ0v) is 18.3. The van der Waals surface area contributed by atoms with Crippen LogP contribution in [0.2, 0.25) is 0 Å². The second kappa shape index (κ2) is 8.57. The Kier molecular flexibility index (Phi) is 6.04. The first-order chi connectivity index (χ1) is 14.3. The molecule has 1 N–H and O–H groups in total. The van der Waals surface area contributed by atoms with Gasteiger partial charge in [0.05, 0.1) is 27.1 Å². The monoisotopic (exact) mass is 466 g/mol. The molecule has 4 rings (SSSR count). The predicted octanol–water partition coefficient (Wildman–Crippen LogP) is 4.30. The first kappa shape index (κ1) is 21.2. The van der Waals surface area contributed by atoms with E-state index in [2.05, 4.69) is 10.3 Å². The van der Waals surface area contributed by atoms with Gasteiger partial charge < -0.3 is 9.73 Å². The molecule has 0 saturated heterocycles. The van der Waals surface area contributed by atoms with E-state index in [9.17, 15) is 13.2 Å². The van der Waals surface area contributed by atoms with E-state index in [1.54, 1.807) is 48.8 Å². The number of amides is 1. The molecule has 0 radical (unpaired) electrons. The minimum Gasteiger partial charge on any atom is -0.449 e. The zero-order chi connectivity index (χ0) is 21.3. The summed E-state index contributed by atoms with van der Waals surface area (Å²) < 4.78 is 31.3. The molecule has 1 amide bonds. The average Bonchev–Trinajstić information content (AvgIpc) is 3.18. The number of carbonyl (C=O) groups is 1. The molecule has 3 aromatic rings. The Balaban J connectivity index is 1.40. The number of furan rings is 1. The van der Waals surface area contributed by atoms with Gasteiger partial charge in [0.15, 0.2) is 21.2 Å². The van der Waals surface area contributed by atoms with Crippen molar-refractivity contribution in [3.8, 4) is 0 Å². The number of halogens is 2. The number of hydrogen-bond acceptors (Lipinski definition) is 5. The van der Waals surface area contributed by atoms with Crippen molar-refractivity contribution in [3.05, 3.63) is 60.1 Å². The summed E-state index contributed by atoms with van der Waals surface area (Å²) >= 11 is 12.3. The third-order valence-corrected chi connectivity index (χ3v) is 8.70. The zero-order valence-electron chi connectivity index (χ0n) is 15.9. The van der Waals surface area contributed by atoms with Crippen LogP contribution in [0.5, 0.6) is 0 Å². The number of hydrogen-bond donors (Lipinski definition) is 1. The number of pyridine rings is 1. The predicted molar refractivity (Wildman–Crippen MR) is 116 cm³/mol. The molecule has 1 aliphatic carbocycles. The number of benzene rings is 1. The SMILES string of the molecule is O=C(NCc1ccc(S(=O)(=O)C2CCC(Cl)C(Cl)C2)cc1)c1cc2ccncc2o1. The highest BCUT2D eigenvalue weighted by Crippen LogP contribution is 2.34. The summed E-state index contributed by atoms with van der Waals surface area (Å²) in [6.45, 7) is 0.246. The second-order valence-electron chi connectivity index (χ2n) is 7.36. The fraction of sp³-hybridized carbons (Fsp3) is 0.333. The molecule has 3 atom stereocenters. The van der Waals surface area contributed by atoms with Gasteiger partial charge in [-0.25, -0.2) is 8.42 Å². The van der Waals surface area contributed by atoms with Crippen molar-refractivity contribution in [2.24, 2.45) is 0 Å². The topological polar surface area (TPSA) is 89.3 Å². The number of nitrogens with one attached hydrogen (secondary N) is 1. The summed E-state index contributed by atoms with van der Waals surface area (Å²) in [4.78, 5) is 16.5. The number of fused-ring (bicyclic) bond motifs is 1. The molecular formula is C21H20Cl2N2O4S. The third-order valence-electron chi connectivity index (χ3n) is 5.34. The molecule has 1 aromatic carbocycles. The second-order valence-corrected chi connectivity index (χ2v) is 10.7. The van der Waals surface area contributed by atoms with Gasteiger partial charge in [-0.1, -0.05) is 12.1 Å². The normalized spacial score (nSPS) is 22.1. The van der Waals surface area contributed by atoms with Crippen LogP contribution in [0.15, 0.2) is 58.1 Å². The first-order valence-electron chi connectivity index (χ1n) is 9.57. The van der Waals surface area contributed by atoms with Gasteiger partial charge in [-0.2, -0.15) is 0 Å². The molecule has 3 unspecified atom stereocenters. The van der Waals surface area contributed by atoms with Crippen molar-refractivity contribution in [1.82, 2.24) is 10.3 Å². The summed E-state index contributed by atoms with van der Waals surface area (Å²) in [5.41, 5.74) is 1.32. The lowest BCUT2D eigenvalue weighted by Gasteiger charge is -2.29. The molecule has 1 saturated carbocycles. The van der Waals surface area contributed by atoms with Crippen LogP contribution in [0.3, 0.4) is 0 Å². The fourth-order valence-electron chi connectivity index (χ4n) is 3.58. The Morgan fingerprint density at radius 2 is 1.90 bits per heavy atom. The summed E-state index contributed by atoms with van der Waals surface area (Å²) in [5, 5.41) is 2.52. The van der Waals surface area contributed by atoms with Crippen molar-refractivity contribution in [1.29, 1.82) is 0 Å². The molecular weight excluding hydrogens is 447 g/mol. The van der Waals surface area contributed by atoms with Gasteiger partial charge in [0.2, 0.25) is 0 Å². The summed E-state index contributed by atoms with van der Waals surface area (Å²) in [6.07, 6.45) is 4.62. The summed E-state index contributed by atoms with van der Waals surface area (Å²) in [5.74, 6) is -0.156. The minimum atomic E-state index is -3.48. The fourth-order valence-corrected chi connectivity index (χ4v) is 6.06. The lowest BCUT2D eigenvalue weighted by Crippen LogP contribution is -2.34. The van der Waals surface area contributed by atoms with Crippen LogP contribution in [0.25, 0.3) is 11.0 Å². The van der Waals surface area contributed by atoms with Gasteiger partial charge in [-0.15, -0.1) is 23.2 Å². The van der Waals surface area contributed by atoms with Crippen LogP contribution < -0.4 is 5.32 Å². The van der Waals surface area contributed by atoms with Gasteiger partial charge in [0.25, 0.3) is 5.91 Å². The van der Waals surface area contributed by atoms with Crippen LogP contribution in [-0.4, -0.2) is 35.3 Å². The van der Waals surface area contributed by atoms with Gasteiger partial charge in [0, 0.05) is 18.1 Å². The minimum absolute atomic E-state index is 0.188. The van der Waals surface area contributed by atoms with E-state index >= 15 is 0 Å². The number of carbonyl (C=O) groups excluding carboxylic acids is 1. The lowest BCUT2D eigenvalue weighted by molar-refractivity contribution is 0.0925. The Labute approximate surface area is 184 Å². The van der Waals surface area contributed by atoms with Crippen LogP contribution in [0.1, 0.15) is 35.4 Å². The highest BCUT2D eigenvalue weighted by atomic mass is 35.5. The van der Waals surface area contributed by atoms with Crippen LogP contribution in [0, 0.1) is 0 Å². The Hall–Kier alpha value is -2.09. The maximum Gasteiger partial charge on any atom is 0.287 e. The number of aromatic nitrogens is 1. The Morgan fingerprint density at radius 1 is 1.13 bits per heavy atom. The number of rotatable bonds is 5. The molecule has 9 heteroatoms. The molecule has 1 aliphatic rings. The van der Waals surface area contributed by atoms with Crippen LogP contribution in [0.4, 0.5) is 0 Å². The molecule has 0 aliphatic heterocycles. The molecule has 1 fully saturated rings. The molecule has 6 nitrogen and oxygen atoms in total. The van der Waals surface area contributed by atoms with Gasteiger partial charge in [-0.3, -0.25) is 9.78 Å². The largest absolute Gasteiger partial charge is 0.449 e. The Morgan fingerprint density at radius 3 is 2.60 bits per heavy atom. The molecule has 30 heavy (non-hydrogen) atoms. The van der Waals surface area contributed by atoms with Gasteiger partial charge in [-0.05, 0) is 49.1 Å². The standard InChI is InChI=1S/C21H20Cl2N2O4S/c22-17-6-5-16(10-18(17)23)30(27,28)15-3-1-13(2-4-15)11-25-21(26)19-9-14-7-8-24-12-20(14)29-19/h1-4,7-9,12,16-18H,5-6,10-11H2,(H,25,26). The molecule has 0 bridgehead atoms. The molecule has 0 spiro atoms. The number of nitrogens with zero attached hydrogens (tertiary/aromatic N) is 1. The third kappa shape index (κ3) is 4.33. The first-order valence-corrected chi connectivity index (χ1v) is 12.0. The number of sulfone groups is 1. The van der Waals surface area contributed by atoms with Crippen molar-refractivity contribution in [3.63, 3.8) is 0 Å². The maximum absolute atomic E-state index is 12.9. The van der Waals surface area contributed by atoms with Gasteiger partial charge in [0.1, 0.15) is 0 Å². The van der Waals surface area contributed by atoms with Crippen molar-refractivity contribution in [2.45, 2.75) is 46.7 Å². The smallest absolute Gasteiger partial charge is 0.287 e. The lowest BCUT2D eigenvalue weighted by atomic mass is 9.99. The van der Waals surface area contributed by atoms with Gasteiger partial charge >= 0.3 is 0 Å². The molecule has 158 valence electrons. The van der Waals surface area contributed by atoms with Crippen molar-refractivity contribution in [2.75, 3.05) is 0 Å². The highest BCUT2D eigenvalue weighted by molar-refractivity contribution is 7.92. The Bertz CT molecular complexity index is 1130. The van der Waals surface area contributed by atoms with E-state index in [4.69, 9.17) is 27.6 Å². The molecule has 2 aromatic heterocycles. The summed E-state index contributed by atoms with van der Waals surface area (Å²) in [6, 6.07) is 9.95. The van der Waals surface area contributed by atoms with Crippen molar-refractivity contribution >= 4 is 49.9 Å². The number of alkyl halides is 2. The van der Waals surface area contributed by atoms with E-state index < -0.39 is 15.1 Å². The maximum atomic E-state index is 12.9. The molecule has 2 heterocycles. The highest BCUT2D eigenvalue weighted by Gasteiger charge is 2.36. The van der Waals surface area contributed by atoms with Crippen LogP contribution >= 0.6 is 23.2 Å². The van der Waals surface area contributed by atoms with E-state index in [1.807, 2.05) is 0 Å².